The summed E-state index contributed by atoms with van der Waals surface area (Å²) in [5, 5.41) is 9.22. The monoisotopic (exact) mass is 362 g/mol. The summed E-state index contributed by atoms with van der Waals surface area (Å²) in [5.41, 5.74) is 3.12. The van der Waals surface area contributed by atoms with E-state index in [0.717, 1.165) is 29.7 Å². The van der Waals surface area contributed by atoms with E-state index >= 15 is 0 Å². The predicted molar refractivity (Wildman–Crippen MR) is 105 cm³/mol. The van der Waals surface area contributed by atoms with Gasteiger partial charge in [0.1, 0.15) is 17.3 Å². The van der Waals surface area contributed by atoms with E-state index in [0.29, 0.717) is 23.5 Å². The van der Waals surface area contributed by atoms with E-state index in [9.17, 15) is 9.50 Å². The van der Waals surface area contributed by atoms with Gasteiger partial charge in [0.2, 0.25) is 0 Å². The second-order valence-electron chi connectivity index (χ2n) is 7.75. The molecule has 0 bridgehead atoms. The maximum absolute atomic E-state index is 14.1. The fraction of sp³-hybridized carbons (Fsp3) is 0.545. The fourth-order valence-electron chi connectivity index (χ4n) is 3.17. The molecule has 0 aromatic heterocycles. The van der Waals surface area contributed by atoms with Gasteiger partial charge in [-0.05, 0) is 68.4 Å². The molecule has 0 fully saturated rings. The molecule has 0 unspecified atom stereocenters. The molecular formula is C22H31FO3. The highest BCUT2D eigenvalue weighted by atomic mass is 19.1. The van der Waals surface area contributed by atoms with Crippen molar-refractivity contribution in [3.05, 3.63) is 40.7 Å². The average molecular weight is 362 g/mol. The topological polar surface area (TPSA) is 38.7 Å². The molecule has 0 amide bonds. The molecule has 26 heavy (non-hydrogen) atoms. The zero-order valence-electron chi connectivity index (χ0n) is 16.8. The van der Waals surface area contributed by atoms with Gasteiger partial charge in [0.25, 0.3) is 0 Å². The van der Waals surface area contributed by atoms with Crippen LogP contribution in [0.15, 0.2) is 24.0 Å². The fourth-order valence-corrected chi connectivity index (χ4v) is 3.17. The molecule has 0 saturated carbocycles. The molecule has 0 atom stereocenters. The van der Waals surface area contributed by atoms with Crippen molar-refractivity contribution in [1.29, 1.82) is 0 Å². The van der Waals surface area contributed by atoms with Gasteiger partial charge in [-0.25, -0.2) is 4.39 Å². The van der Waals surface area contributed by atoms with Crippen LogP contribution in [0.2, 0.25) is 0 Å². The van der Waals surface area contributed by atoms with Crippen LogP contribution < -0.4 is 4.74 Å². The molecule has 1 aliphatic rings. The molecule has 144 valence electrons. The number of fused-ring (bicyclic) bond motifs is 1. The van der Waals surface area contributed by atoms with Crippen molar-refractivity contribution in [3.63, 3.8) is 0 Å². The first-order valence-electron chi connectivity index (χ1n) is 9.36. The van der Waals surface area contributed by atoms with Crippen LogP contribution in [0.4, 0.5) is 4.39 Å². The number of aliphatic hydroxyl groups excluding tert-OH is 1. The van der Waals surface area contributed by atoms with Crippen LogP contribution in [0.3, 0.4) is 0 Å². The third kappa shape index (κ3) is 4.29. The summed E-state index contributed by atoms with van der Waals surface area (Å²) in [6, 6.07) is 3.96. The minimum Gasteiger partial charge on any atom is -0.493 e. The highest BCUT2D eigenvalue weighted by molar-refractivity contribution is 5.78. The Kier molecular flexibility index (Phi) is 6.51. The minimum atomic E-state index is -0.618. The van der Waals surface area contributed by atoms with Gasteiger partial charge in [-0.1, -0.05) is 20.8 Å². The Morgan fingerprint density at radius 1 is 1.31 bits per heavy atom. The number of allylic oxidation sites excluding steroid dienone is 2. The van der Waals surface area contributed by atoms with Crippen LogP contribution in [-0.2, 0) is 10.2 Å². The number of benzene rings is 1. The van der Waals surface area contributed by atoms with Crippen molar-refractivity contribution in [1.82, 2.24) is 0 Å². The first-order valence-corrected chi connectivity index (χ1v) is 9.36. The maximum atomic E-state index is 14.1. The Morgan fingerprint density at radius 2 is 2.00 bits per heavy atom. The van der Waals surface area contributed by atoms with E-state index in [1.165, 1.54) is 0 Å². The van der Waals surface area contributed by atoms with Gasteiger partial charge in [-0.15, -0.1) is 0 Å². The summed E-state index contributed by atoms with van der Waals surface area (Å²) in [5.74, 6) is 0.942. The van der Waals surface area contributed by atoms with Crippen LogP contribution >= 0.6 is 0 Å². The number of aliphatic hydroxyl groups is 1. The summed E-state index contributed by atoms with van der Waals surface area (Å²) in [4.78, 5) is 0. The molecular weight excluding hydrogens is 331 g/mol. The van der Waals surface area contributed by atoms with E-state index in [-0.39, 0.29) is 11.5 Å². The molecule has 0 saturated heterocycles. The van der Waals surface area contributed by atoms with Crippen molar-refractivity contribution in [2.75, 3.05) is 13.2 Å². The standard InChI is InChI=1S/C22H31FO3/c1-7-10-25-21-12-18-17(11-16(21)15(4)19(23)13-24)20(26-14(2)3)8-9-22(18,5)6/h8,11-12,14,24H,7,9-10,13H2,1-6H3/b19-15+. The van der Waals surface area contributed by atoms with Crippen molar-refractivity contribution in [2.45, 2.75) is 65.9 Å². The van der Waals surface area contributed by atoms with Crippen molar-refractivity contribution in [3.8, 4) is 5.75 Å². The summed E-state index contributed by atoms with van der Waals surface area (Å²) < 4.78 is 26.1. The summed E-state index contributed by atoms with van der Waals surface area (Å²) >= 11 is 0. The quantitative estimate of drug-likeness (QED) is 0.684. The molecule has 0 aliphatic heterocycles. The Morgan fingerprint density at radius 3 is 2.58 bits per heavy atom. The lowest BCUT2D eigenvalue weighted by molar-refractivity contribution is 0.200. The van der Waals surface area contributed by atoms with Crippen LogP contribution in [0.1, 0.15) is 71.1 Å². The van der Waals surface area contributed by atoms with Gasteiger partial charge in [-0.3, -0.25) is 0 Å². The normalized spacial score (nSPS) is 16.7. The van der Waals surface area contributed by atoms with Gasteiger partial charge >= 0.3 is 0 Å². The van der Waals surface area contributed by atoms with Crippen LogP contribution in [0.5, 0.6) is 5.75 Å². The number of hydrogen-bond acceptors (Lipinski definition) is 3. The summed E-state index contributed by atoms with van der Waals surface area (Å²) in [6.07, 6.45) is 3.90. The lowest BCUT2D eigenvalue weighted by atomic mass is 9.74. The highest BCUT2D eigenvalue weighted by Gasteiger charge is 2.31. The van der Waals surface area contributed by atoms with E-state index in [2.05, 4.69) is 19.9 Å². The van der Waals surface area contributed by atoms with Crippen LogP contribution in [0, 0.1) is 0 Å². The summed E-state index contributed by atoms with van der Waals surface area (Å²) in [6.45, 7) is 12.0. The number of rotatable bonds is 7. The molecule has 0 radical (unpaired) electrons. The van der Waals surface area contributed by atoms with E-state index < -0.39 is 12.4 Å². The molecule has 4 heteroatoms. The molecule has 2 rings (SSSR count). The molecule has 1 N–H and O–H groups in total. The zero-order chi connectivity index (χ0) is 19.5. The smallest absolute Gasteiger partial charge is 0.129 e. The van der Waals surface area contributed by atoms with Crippen LogP contribution in [-0.4, -0.2) is 24.4 Å². The van der Waals surface area contributed by atoms with E-state index in [1.807, 2.05) is 32.9 Å². The van der Waals surface area contributed by atoms with E-state index in [1.54, 1.807) is 6.92 Å². The lowest BCUT2D eigenvalue weighted by Crippen LogP contribution is -2.23. The molecule has 0 spiro atoms. The largest absolute Gasteiger partial charge is 0.493 e. The molecule has 1 aliphatic carbocycles. The molecule has 1 aromatic carbocycles. The molecule has 1 aromatic rings. The molecule has 3 nitrogen and oxygen atoms in total. The number of halogens is 1. The van der Waals surface area contributed by atoms with Gasteiger partial charge in [0.15, 0.2) is 0 Å². The SMILES string of the molecule is CCCOc1cc2c(cc1/C(C)=C(/F)CO)C(OC(C)C)=CCC2(C)C. The van der Waals surface area contributed by atoms with Gasteiger partial charge < -0.3 is 14.6 Å². The second kappa shape index (κ2) is 8.26. The second-order valence-corrected chi connectivity index (χ2v) is 7.75. The Bertz CT molecular complexity index is 714. The van der Waals surface area contributed by atoms with Crippen molar-refractivity contribution >= 4 is 11.3 Å². The van der Waals surface area contributed by atoms with Crippen LogP contribution in [0.25, 0.3) is 11.3 Å². The highest BCUT2D eigenvalue weighted by Crippen LogP contribution is 2.44. The number of ether oxygens (including phenoxy) is 2. The third-order valence-electron chi connectivity index (χ3n) is 4.69. The zero-order valence-corrected chi connectivity index (χ0v) is 16.8. The Hall–Kier alpha value is -1.81. The number of hydrogen-bond donors (Lipinski definition) is 1. The lowest BCUT2D eigenvalue weighted by Gasteiger charge is -2.33. The van der Waals surface area contributed by atoms with Gasteiger partial charge in [-0.2, -0.15) is 0 Å². The first kappa shape index (κ1) is 20.5. The van der Waals surface area contributed by atoms with Crippen molar-refractivity contribution < 1.29 is 19.0 Å². The Balaban J connectivity index is 2.68. The van der Waals surface area contributed by atoms with E-state index in [4.69, 9.17) is 9.47 Å². The minimum absolute atomic E-state index is 0.0561. The first-order chi connectivity index (χ1) is 12.2. The van der Waals surface area contributed by atoms with Gasteiger partial charge in [0, 0.05) is 11.1 Å². The average Bonchev–Trinajstić information content (AvgIpc) is 2.60. The Labute approximate surface area is 156 Å². The summed E-state index contributed by atoms with van der Waals surface area (Å²) in [7, 11) is 0. The van der Waals surface area contributed by atoms with Gasteiger partial charge in [0.05, 0.1) is 19.3 Å². The predicted octanol–water partition coefficient (Wildman–Crippen LogP) is 5.62. The van der Waals surface area contributed by atoms with Crippen molar-refractivity contribution in [2.24, 2.45) is 0 Å². The third-order valence-corrected chi connectivity index (χ3v) is 4.69. The maximum Gasteiger partial charge on any atom is 0.129 e. The molecule has 0 heterocycles.